The molecule has 1 aliphatic carbocycles. The maximum absolute atomic E-state index is 11.5. The predicted molar refractivity (Wildman–Crippen MR) is 84.1 cm³/mol. The molecule has 6 nitrogen and oxygen atoms in total. The minimum Gasteiger partial charge on any atom is -0.481 e. The molecular weight excluding hydrogens is 280 g/mol. The average molecular weight is 302 g/mol. The second-order valence-corrected chi connectivity index (χ2v) is 5.78. The van der Waals surface area contributed by atoms with Crippen LogP contribution in [-0.4, -0.2) is 21.9 Å². The number of rotatable bonds is 4. The Bertz CT molecular complexity index is 732. The molecule has 0 spiro atoms. The van der Waals surface area contributed by atoms with Crippen LogP contribution in [-0.2, 0) is 20.0 Å². The van der Waals surface area contributed by atoms with E-state index in [0.29, 0.717) is 6.54 Å². The third-order valence-corrected chi connectivity index (χ3v) is 4.34. The highest BCUT2D eigenvalue weighted by Gasteiger charge is 2.22. The summed E-state index contributed by atoms with van der Waals surface area (Å²) in [6.45, 7) is 2.69. The van der Waals surface area contributed by atoms with Crippen molar-refractivity contribution in [2.24, 2.45) is 7.05 Å². The molecule has 0 saturated heterocycles. The smallest absolute Gasteiger partial charge is 0.248 e. The molecule has 0 aromatic carbocycles. The molecule has 0 saturated carbocycles. The van der Waals surface area contributed by atoms with E-state index in [1.165, 1.54) is 5.56 Å². The zero-order valence-electron chi connectivity index (χ0n) is 13.3. The number of H-pyrrole nitrogens is 1. The van der Waals surface area contributed by atoms with Gasteiger partial charge in [-0.3, -0.25) is 4.79 Å². The van der Waals surface area contributed by atoms with Crippen LogP contribution in [0.2, 0.25) is 0 Å². The van der Waals surface area contributed by atoms with E-state index in [-0.39, 0.29) is 11.6 Å². The molecule has 0 radical (unpaired) electrons. The van der Waals surface area contributed by atoms with Gasteiger partial charge in [0.2, 0.25) is 11.4 Å². The Morgan fingerprint density at radius 1 is 1.50 bits per heavy atom. The fraction of sp³-hybridized carbons (Fsp3) is 0.500. The number of ether oxygens (including phenoxy) is 1. The zero-order chi connectivity index (χ0) is 15.7. The van der Waals surface area contributed by atoms with Crippen LogP contribution in [0, 0.1) is 6.92 Å². The molecule has 1 aliphatic rings. The summed E-state index contributed by atoms with van der Waals surface area (Å²) in [7, 11) is 3.55. The Balaban J connectivity index is 1.80. The molecule has 2 N–H and O–H groups in total. The van der Waals surface area contributed by atoms with Gasteiger partial charge in [0.25, 0.3) is 0 Å². The van der Waals surface area contributed by atoms with Gasteiger partial charge in [-0.1, -0.05) is 6.07 Å². The van der Waals surface area contributed by atoms with Gasteiger partial charge in [0.05, 0.1) is 18.4 Å². The highest BCUT2D eigenvalue weighted by atomic mass is 16.5. The lowest BCUT2D eigenvalue weighted by atomic mass is 9.91. The van der Waals surface area contributed by atoms with Crippen LogP contribution in [0.5, 0.6) is 5.88 Å². The van der Waals surface area contributed by atoms with Crippen molar-refractivity contribution < 1.29 is 4.74 Å². The van der Waals surface area contributed by atoms with Crippen molar-refractivity contribution in [1.29, 1.82) is 0 Å². The first-order valence-corrected chi connectivity index (χ1v) is 7.62. The second kappa shape index (κ2) is 5.96. The number of aromatic nitrogens is 3. The highest BCUT2D eigenvalue weighted by molar-refractivity contribution is 5.32. The molecule has 3 rings (SSSR count). The normalized spacial score (nSPS) is 17.3. The van der Waals surface area contributed by atoms with Crippen molar-refractivity contribution in [2.45, 2.75) is 38.8 Å². The largest absolute Gasteiger partial charge is 0.481 e. The lowest BCUT2D eigenvalue weighted by Gasteiger charge is -2.26. The number of hydrogen-bond donors (Lipinski definition) is 2. The number of fused-ring (bicyclic) bond motifs is 1. The molecule has 0 amide bonds. The van der Waals surface area contributed by atoms with Crippen LogP contribution in [0.1, 0.15) is 41.4 Å². The van der Waals surface area contributed by atoms with Gasteiger partial charge in [-0.15, -0.1) is 0 Å². The molecule has 1 unspecified atom stereocenters. The first-order chi connectivity index (χ1) is 10.6. The average Bonchev–Trinajstić information content (AvgIpc) is 2.77. The molecule has 6 heteroatoms. The zero-order valence-corrected chi connectivity index (χ0v) is 13.3. The predicted octanol–water partition coefficient (Wildman–Crippen LogP) is 1.59. The van der Waals surface area contributed by atoms with E-state index < -0.39 is 0 Å². The number of pyridine rings is 1. The fourth-order valence-electron chi connectivity index (χ4n) is 3.28. The Morgan fingerprint density at radius 3 is 3.09 bits per heavy atom. The first-order valence-electron chi connectivity index (χ1n) is 7.62. The summed E-state index contributed by atoms with van der Waals surface area (Å²) >= 11 is 0. The number of hydrogen-bond acceptors (Lipinski definition) is 4. The van der Waals surface area contributed by atoms with Crippen LogP contribution in [0.3, 0.4) is 0 Å². The van der Waals surface area contributed by atoms with Crippen LogP contribution >= 0.6 is 0 Å². The van der Waals surface area contributed by atoms with Crippen LogP contribution in [0.25, 0.3) is 0 Å². The molecule has 2 aromatic heterocycles. The molecule has 22 heavy (non-hydrogen) atoms. The van der Waals surface area contributed by atoms with Gasteiger partial charge in [-0.25, -0.2) is 4.68 Å². The van der Waals surface area contributed by atoms with Gasteiger partial charge in [0, 0.05) is 31.4 Å². The van der Waals surface area contributed by atoms with E-state index in [9.17, 15) is 4.79 Å². The van der Waals surface area contributed by atoms with E-state index in [1.54, 1.807) is 17.9 Å². The summed E-state index contributed by atoms with van der Waals surface area (Å²) in [5, 5.41) is 7.99. The number of nitrogens with zero attached hydrogens (tertiary/aromatic N) is 2. The monoisotopic (exact) mass is 302 g/mol. The van der Waals surface area contributed by atoms with Crippen LogP contribution in [0.15, 0.2) is 16.9 Å². The van der Waals surface area contributed by atoms with Crippen LogP contribution < -0.4 is 15.6 Å². The number of aryl methyl sites for hydroxylation is 3. The van der Waals surface area contributed by atoms with E-state index in [1.807, 2.05) is 20.0 Å². The minimum atomic E-state index is -0.0239. The van der Waals surface area contributed by atoms with E-state index in [0.717, 1.165) is 42.1 Å². The molecule has 1 atom stereocenters. The van der Waals surface area contributed by atoms with E-state index in [4.69, 9.17) is 4.74 Å². The van der Waals surface area contributed by atoms with Gasteiger partial charge in [-0.2, -0.15) is 5.10 Å². The van der Waals surface area contributed by atoms with Crippen molar-refractivity contribution in [3.63, 3.8) is 0 Å². The third kappa shape index (κ3) is 2.66. The fourth-order valence-corrected chi connectivity index (χ4v) is 3.28. The maximum atomic E-state index is 11.5. The lowest BCUT2D eigenvalue weighted by Crippen LogP contribution is -2.27. The Kier molecular flexibility index (Phi) is 4.02. The number of methoxy groups -OCH3 is 1. The summed E-state index contributed by atoms with van der Waals surface area (Å²) in [5.41, 5.74) is 4.30. The topological polar surface area (TPSA) is 71.9 Å². The van der Waals surface area contributed by atoms with Gasteiger partial charge in [-0.05, 0) is 31.7 Å². The van der Waals surface area contributed by atoms with Crippen molar-refractivity contribution in [3.8, 4) is 5.88 Å². The summed E-state index contributed by atoms with van der Waals surface area (Å²) in [6, 6.07) is 3.80. The molecule has 118 valence electrons. The standard InChI is InChI=1S/C16H22N4O2/c1-10-12(16(22-3)20(2)19-10)9-17-13-5-4-6-14-11(13)7-8-15(21)18-14/h7-8,13,17H,4-6,9H2,1-3H3,(H,18,21). The quantitative estimate of drug-likeness (QED) is 0.900. The molecular formula is C16H22N4O2. The number of nitrogens with one attached hydrogen (secondary N) is 2. The van der Waals surface area contributed by atoms with E-state index in [2.05, 4.69) is 15.4 Å². The summed E-state index contributed by atoms with van der Waals surface area (Å²) in [6.07, 6.45) is 3.09. The van der Waals surface area contributed by atoms with Crippen molar-refractivity contribution in [2.75, 3.05) is 7.11 Å². The Morgan fingerprint density at radius 2 is 2.32 bits per heavy atom. The lowest BCUT2D eigenvalue weighted by molar-refractivity contribution is 0.365. The molecule has 2 heterocycles. The first kappa shape index (κ1) is 14.8. The summed E-state index contributed by atoms with van der Waals surface area (Å²) in [5.74, 6) is 0.794. The van der Waals surface area contributed by atoms with Gasteiger partial charge >= 0.3 is 0 Å². The maximum Gasteiger partial charge on any atom is 0.248 e. The van der Waals surface area contributed by atoms with E-state index >= 15 is 0 Å². The minimum absolute atomic E-state index is 0.0239. The summed E-state index contributed by atoms with van der Waals surface area (Å²) < 4.78 is 7.20. The van der Waals surface area contributed by atoms with Crippen molar-refractivity contribution in [3.05, 3.63) is 45.0 Å². The molecule has 0 aliphatic heterocycles. The van der Waals surface area contributed by atoms with Crippen molar-refractivity contribution in [1.82, 2.24) is 20.1 Å². The molecule has 0 fully saturated rings. The SMILES string of the molecule is COc1c(CNC2CCCc3[nH]c(=O)ccc32)c(C)nn1C. The Labute approximate surface area is 129 Å². The van der Waals surface area contributed by atoms with Gasteiger partial charge < -0.3 is 15.0 Å². The Hall–Kier alpha value is -2.08. The second-order valence-electron chi connectivity index (χ2n) is 5.78. The molecule has 2 aromatic rings. The third-order valence-electron chi connectivity index (χ3n) is 4.34. The van der Waals surface area contributed by atoms with Crippen LogP contribution in [0.4, 0.5) is 0 Å². The van der Waals surface area contributed by atoms with Crippen molar-refractivity contribution >= 4 is 0 Å². The van der Waals surface area contributed by atoms with Gasteiger partial charge in [0.1, 0.15) is 0 Å². The summed E-state index contributed by atoms with van der Waals surface area (Å²) in [4.78, 5) is 14.4. The number of aromatic amines is 1. The van der Waals surface area contributed by atoms with Gasteiger partial charge in [0.15, 0.2) is 0 Å². The molecule has 0 bridgehead atoms. The highest BCUT2D eigenvalue weighted by Crippen LogP contribution is 2.29.